The summed E-state index contributed by atoms with van der Waals surface area (Å²) < 4.78 is 40.5. The Labute approximate surface area is 144 Å². The van der Waals surface area contributed by atoms with Crippen LogP contribution in [0.3, 0.4) is 0 Å². The van der Waals surface area contributed by atoms with E-state index in [1.54, 1.807) is 6.07 Å². The number of sulfonamides is 1. The molecule has 2 saturated heterocycles. The van der Waals surface area contributed by atoms with Gasteiger partial charge in [-0.3, -0.25) is 0 Å². The molecule has 2 fully saturated rings. The van der Waals surface area contributed by atoms with Crippen LogP contribution in [0, 0.1) is 17.7 Å². The van der Waals surface area contributed by atoms with Crippen molar-refractivity contribution in [2.45, 2.75) is 37.5 Å². The van der Waals surface area contributed by atoms with Crippen molar-refractivity contribution in [1.82, 2.24) is 9.21 Å². The van der Waals surface area contributed by atoms with Gasteiger partial charge in [0.1, 0.15) is 10.7 Å². The minimum atomic E-state index is -3.71. The van der Waals surface area contributed by atoms with E-state index >= 15 is 0 Å². The molecule has 3 rings (SSSR count). The lowest BCUT2D eigenvalue weighted by Crippen LogP contribution is -2.43. The molecule has 1 aromatic rings. The van der Waals surface area contributed by atoms with Gasteiger partial charge in [0, 0.05) is 19.6 Å². The van der Waals surface area contributed by atoms with E-state index in [0.717, 1.165) is 38.4 Å². The van der Waals surface area contributed by atoms with Gasteiger partial charge in [-0.15, -0.1) is 0 Å². The Bertz CT molecular complexity index is 649. The first-order valence-electron chi connectivity index (χ1n) is 8.94. The van der Waals surface area contributed by atoms with Gasteiger partial charge in [-0.2, -0.15) is 4.31 Å². The molecule has 0 saturated carbocycles. The van der Waals surface area contributed by atoms with Crippen LogP contribution < -0.4 is 0 Å². The van der Waals surface area contributed by atoms with E-state index in [4.69, 9.17) is 0 Å². The summed E-state index contributed by atoms with van der Waals surface area (Å²) in [5.41, 5.74) is 0. The van der Waals surface area contributed by atoms with E-state index in [9.17, 15) is 12.8 Å². The highest BCUT2D eigenvalue weighted by molar-refractivity contribution is 7.89. The molecule has 0 spiro atoms. The van der Waals surface area contributed by atoms with Crippen molar-refractivity contribution in [3.8, 4) is 0 Å². The van der Waals surface area contributed by atoms with Crippen LogP contribution in [-0.4, -0.2) is 50.3 Å². The molecule has 1 aromatic carbocycles. The first-order chi connectivity index (χ1) is 11.5. The zero-order valence-electron chi connectivity index (χ0n) is 14.3. The van der Waals surface area contributed by atoms with Crippen LogP contribution in [0.5, 0.6) is 0 Å². The number of piperidine rings is 2. The average Bonchev–Trinajstić information content (AvgIpc) is 2.58. The van der Waals surface area contributed by atoms with Crippen molar-refractivity contribution in [1.29, 1.82) is 0 Å². The van der Waals surface area contributed by atoms with Gasteiger partial charge in [-0.1, -0.05) is 19.1 Å². The van der Waals surface area contributed by atoms with Gasteiger partial charge in [0.25, 0.3) is 0 Å². The standard InChI is InChI=1S/C18H27FN2O2S/c1-15-6-10-20(11-7-15)14-16-8-12-21(13-9-16)24(22,23)18-5-3-2-4-17(18)19/h2-5,15-16H,6-14H2,1H3. The van der Waals surface area contributed by atoms with Gasteiger partial charge in [-0.05, 0) is 62.7 Å². The SMILES string of the molecule is CC1CCN(CC2CCN(S(=O)(=O)c3ccccc3F)CC2)CC1. The largest absolute Gasteiger partial charge is 0.303 e. The van der Waals surface area contributed by atoms with Gasteiger partial charge in [-0.25, -0.2) is 12.8 Å². The third-order valence-electron chi connectivity index (χ3n) is 5.42. The lowest BCUT2D eigenvalue weighted by Gasteiger charge is -2.36. The molecule has 0 bridgehead atoms. The van der Waals surface area contributed by atoms with Crippen molar-refractivity contribution in [3.05, 3.63) is 30.1 Å². The molecule has 0 radical (unpaired) electrons. The maximum Gasteiger partial charge on any atom is 0.245 e. The Balaban J connectivity index is 1.56. The average molecular weight is 354 g/mol. The summed E-state index contributed by atoms with van der Waals surface area (Å²) >= 11 is 0. The predicted octanol–water partition coefficient (Wildman–Crippen LogP) is 2.96. The fraction of sp³-hybridized carbons (Fsp3) is 0.667. The molecule has 0 aromatic heterocycles. The number of benzene rings is 1. The molecule has 0 unspecified atom stereocenters. The van der Waals surface area contributed by atoms with Crippen LogP contribution in [0.25, 0.3) is 0 Å². The minimum Gasteiger partial charge on any atom is -0.303 e. The fourth-order valence-corrected chi connectivity index (χ4v) is 5.27. The Kier molecular flexibility index (Phi) is 5.57. The molecule has 0 amide bonds. The number of hydrogen-bond donors (Lipinski definition) is 0. The van der Waals surface area contributed by atoms with Crippen LogP contribution in [0.4, 0.5) is 4.39 Å². The fourth-order valence-electron chi connectivity index (χ4n) is 3.74. The van der Waals surface area contributed by atoms with Gasteiger partial charge < -0.3 is 4.90 Å². The molecule has 0 atom stereocenters. The Morgan fingerprint density at radius 2 is 1.67 bits per heavy atom. The zero-order chi connectivity index (χ0) is 17.2. The summed E-state index contributed by atoms with van der Waals surface area (Å²) in [6.07, 6.45) is 4.25. The number of likely N-dealkylation sites (tertiary alicyclic amines) is 1. The highest BCUT2D eigenvalue weighted by atomic mass is 32.2. The smallest absolute Gasteiger partial charge is 0.245 e. The van der Waals surface area contributed by atoms with Crippen LogP contribution in [0.1, 0.15) is 32.6 Å². The highest BCUT2D eigenvalue weighted by Gasteiger charge is 2.32. The van der Waals surface area contributed by atoms with Gasteiger partial charge in [0.2, 0.25) is 10.0 Å². The normalized spacial score (nSPS) is 22.8. The van der Waals surface area contributed by atoms with Crippen LogP contribution in [0.2, 0.25) is 0 Å². The summed E-state index contributed by atoms with van der Waals surface area (Å²) in [6.45, 7) is 6.69. The van der Waals surface area contributed by atoms with E-state index in [1.165, 1.54) is 35.3 Å². The summed E-state index contributed by atoms with van der Waals surface area (Å²) in [6, 6.07) is 5.64. The summed E-state index contributed by atoms with van der Waals surface area (Å²) in [4.78, 5) is 2.32. The molecule has 24 heavy (non-hydrogen) atoms. The van der Waals surface area contributed by atoms with Gasteiger partial charge in [0.15, 0.2) is 0 Å². The van der Waals surface area contributed by atoms with E-state index in [2.05, 4.69) is 11.8 Å². The predicted molar refractivity (Wildman–Crippen MR) is 92.7 cm³/mol. The maximum atomic E-state index is 13.8. The van der Waals surface area contributed by atoms with Crippen LogP contribution >= 0.6 is 0 Å². The van der Waals surface area contributed by atoms with E-state index in [-0.39, 0.29) is 4.90 Å². The molecular weight excluding hydrogens is 327 g/mol. The maximum absolute atomic E-state index is 13.8. The number of nitrogens with zero attached hydrogens (tertiary/aromatic N) is 2. The Hall–Kier alpha value is -0.980. The molecule has 2 aliphatic rings. The number of rotatable bonds is 4. The third-order valence-corrected chi connectivity index (χ3v) is 7.35. The van der Waals surface area contributed by atoms with Gasteiger partial charge >= 0.3 is 0 Å². The zero-order valence-corrected chi connectivity index (χ0v) is 15.1. The van der Waals surface area contributed by atoms with Crippen molar-refractivity contribution >= 4 is 10.0 Å². The van der Waals surface area contributed by atoms with E-state index in [1.807, 2.05) is 0 Å². The second-order valence-electron chi connectivity index (χ2n) is 7.26. The second-order valence-corrected chi connectivity index (χ2v) is 9.17. The Morgan fingerprint density at radius 3 is 2.29 bits per heavy atom. The topological polar surface area (TPSA) is 40.6 Å². The summed E-state index contributed by atoms with van der Waals surface area (Å²) in [7, 11) is -3.71. The monoisotopic (exact) mass is 354 g/mol. The van der Waals surface area contributed by atoms with Crippen LogP contribution in [0.15, 0.2) is 29.2 Å². The highest BCUT2D eigenvalue weighted by Crippen LogP contribution is 2.26. The van der Waals surface area contributed by atoms with Gasteiger partial charge in [0.05, 0.1) is 0 Å². The molecule has 2 aliphatic heterocycles. The molecule has 2 heterocycles. The lowest BCUT2D eigenvalue weighted by atomic mass is 9.94. The molecular formula is C18H27FN2O2S. The van der Waals surface area contributed by atoms with Crippen molar-refractivity contribution in [2.75, 3.05) is 32.7 Å². The molecule has 134 valence electrons. The summed E-state index contributed by atoms with van der Waals surface area (Å²) in [5.74, 6) is 0.710. The molecule has 4 nitrogen and oxygen atoms in total. The molecule has 6 heteroatoms. The molecule has 0 aliphatic carbocycles. The van der Waals surface area contributed by atoms with Crippen molar-refractivity contribution in [3.63, 3.8) is 0 Å². The first kappa shape index (κ1) is 17.8. The van der Waals surface area contributed by atoms with Crippen LogP contribution in [-0.2, 0) is 10.0 Å². The minimum absolute atomic E-state index is 0.200. The number of hydrogen-bond acceptors (Lipinski definition) is 3. The molecule has 0 N–H and O–H groups in total. The first-order valence-corrected chi connectivity index (χ1v) is 10.4. The van der Waals surface area contributed by atoms with Crippen molar-refractivity contribution in [2.24, 2.45) is 11.8 Å². The third kappa shape index (κ3) is 3.98. The van der Waals surface area contributed by atoms with E-state index in [0.29, 0.717) is 19.0 Å². The lowest BCUT2D eigenvalue weighted by molar-refractivity contribution is 0.142. The second kappa shape index (κ2) is 7.50. The quantitative estimate of drug-likeness (QED) is 0.835. The Morgan fingerprint density at radius 1 is 1.04 bits per heavy atom. The summed E-state index contributed by atoms with van der Waals surface area (Å²) in [5, 5.41) is 0. The van der Waals surface area contributed by atoms with E-state index < -0.39 is 15.8 Å². The number of halogens is 1. The van der Waals surface area contributed by atoms with Crippen molar-refractivity contribution < 1.29 is 12.8 Å².